The molecule has 0 atom stereocenters. The molecule has 0 radical (unpaired) electrons. The molecule has 0 amide bonds. The van der Waals surface area contributed by atoms with Gasteiger partial charge in [0.2, 0.25) is 0 Å². The van der Waals surface area contributed by atoms with Crippen molar-refractivity contribution in [3.63, 3.8) is 0 Å². The normalized spacial score (nSPS) is 11.0. The summed E-state index contributed by atoms with van der Waals surface area (Å²) >= 11 is 0. The molecule has 0 aliphatic carbocycles. The van der Waals surface area contributed by atoms with E-state index in [0.29, 0.717) is 23.7 Å². The largest absolute Gasteiger partial charge is 0.493 e. The van der Waals surface area contributed by atoms with Gasteiger partial charge >= 0.3 is 0 Å². The van der Waals surface area contributed by atoms with Gasteiger partial charge in [-0.15, -0.1) is 0 Å². The van der Waals surface area contributed by atoms with E-state index in [1.165, 1.54) is 0 Å². The van der Waals surface area contributed by atoms with Gasteiger partial charge in [0.15, 0.2) is 17.3 Å². The van der Waals surface area contributed by atoms with Gasteiger partial charge in [-0.05, 0) is 43.2 Å². The molecule has 28 heavy (non-hydrogen) atoms. The molecule has 0 spiro atoms. The lowest BCUT2D eigenvalue weighted by Crippen LogP contribution is -2.01. The van der Waals surface area contributed by atoms with Gasteiger partial charge in [-0.2, -0.15) is 5.10 Å². The van der Waals surface area contributed by atoms with E-state index in [1.54, 1.807) is 25.5 Å². The molecule has 0 bridgehead atoms. The number of methoxy groups -OCH3 is 1. The number of carbonyl (C=O) groups excluding carboxylic acids is 1. The Kier molecular flexibility index (Phi) is 6.27. The van der Waals surface area contributed by atoms with E-state index in [-0.39, 0.29) is 5.78 Å². The highest BCUT2D eigenvalue weighted by molar-refractivity contribution is 6.07. The summed E-state index contributed by atoms with van der Waals surface area (Å²) in [5, 5.41) is 4.22. The molecule has 0 saturated heterocycles. The Morgan fingerprint density at radius 1 is 1.14 bits per heavy atom. The van der Waals surface area contributed by atoms with Crippen molar-refractivity contribution >= 4 is 11.9 Å². The van der Waals surface area contributed by atoms with Crippen LogP contribution >= 0.6 is 0 Å². The predicted molar refractivity (Wildman–Crippen MR) is 110 cm³/mol. The molecular weight excluding hydrogens is 352 g/mol. The predicted octanol–water partition coefficient (Wildman–Crippen LogP) is 4.70. The fraction of sp³-hybridized carbons (Fsp3) is 0.217. The lowest BCUT2D eigenvalue weighted by atomic mass is 10.1. The van der Waals surface area contributed by atoms with Crippen LogP contribution in [0.2, 0.25) is 0 Å². The first kappa shape index (κ1) is 19.4. The number of aromatic nitrogens is 2. The van der Waals surface area contributed by atoms with Crippen LogP contribution in [0.3, 0.4) is 0 Å². The summed E-state index contributed by atoms with van der Waals surface area (Å²) in [6.07, 6.45) is 4.95. The smallest absolute Gasteiger partial charge is 0.189 e. The van der Waals surface area contributed by atoms with E-state index >= 15 is 0 Å². The third-order valence-electron chi connectivity index (χ3n) is 4.52. The standard InChI is InChI=1S/C23H24N2O3/c1-4-25-17(2)20(15-24-25)21(26)12-10-18-11-13-22(23(14-18)27-3)28-16-19-8-6-5-7-9-19/h5-15H,4,16H2,1-3H3/b12-10+. The number of aryl methyl sites for hydroxylation is 1. The van der Waals surface area contributed by atoms with Gasteiger partial charge in [0.1, 0.15) is 6.61 Å². The van der Waals surface area contributed by atoms with Crippen LogP contribution in [0.4, 0.5) is 0 Å². The summed E-state index contributed by atoms with van der Waals surface area (Å²) in [6, 6.07) is 15.6. The van der Waals surface area contributed by atoms with E-state index in [4.69, 9.17) is 9.47 Å². The molecule has 3 aromatic rings. The van der Waals surface area contributed by atoms with Crippen LogP contribution < -0.4 is 9.47 Å². The van der Waals surface area contributed by atoms with Gasteiger partial charge in [-0.3, -0.25) is 9.48 Å². The van der Waals surface area contributed by atoms with Crippen molar-refractivity contribution in [2.75, 3.05) is 7.11 Å². The van der Waals surface area contributed by atoms with Gasteiger partial charge in [-0.25, -0.2) is 0 Å². The highest BCUT2D eigenvalue weighted by Crippen LogP contribution is 2.29. The first-order chi connectivity index (χ1) is 13.6. The Balaban J connectivity index is 1.71. The Hall–Kier alpha value is -3.34. The highest BCUT2D eigenvalue weighted by Gasteiger charge is 2.11. The van der Waals surface area contributed by atoms with Crippen molar-refractivity contribution in [2.24, 2.45) is 0 Å². The molecule has 1 heterocycles. The van der Waals surface area contributed by atoms with E-state index in [9.17, 15) is 4.79 Å². The molecule has 144 valence electrons. The third kappa shape index (κ3) is 4.49. The minimum Gasteiger partial charge on any atom is -0.493 e. The quantitative estimate of drug-likeness (QED) is 0.423. The van der Waals surface area contributed by atoms with Gasteiger partial charge in [0, 0.05) is 12.2 Å². The van der Waals surface area contributed by atoms with Crippen LogP contribution in [-0.4, -0.2) is 22.7 Å². The van der Waals surface area contributed by atoms with Gasteiger partial charge in [-0.1, -0.05) is 42.5 Å². The lowest BCUT2D eigenvalue weighted by Gasteiger charge is -2.11. The number of hydrogen-bond donors (Lipinski definition) is 0. The molecule has 1 aromatic heterocycles. The fourth-order valence-electron chi connectivity index (χ4n) is 2.91. The van der Waals surface area contributed by atoms with Crippen molar-refractivity contribution < 1.29 is 14.3 Å². The second kappa shape index (κ2) is 9.04. The maximum atomic E-state index is 12.5. The van der Waals surface area contributed by atoms with Gasteiger partial charge in [0.05, 0.1) is 18.9 Å². The maximum Gasteiger partial charge on any atom is 0.189 e. The molecule has 0 unspecified atom stereocenters. The third-order valence-corrected chi connectivity index (χ3v) is 4.52. The molecule has 2 aromatic carbocycles. The first-order valence-electron chi connectivity index (χ1n) is 9.22. The zero-order valence-electron chi connectivity index (χ0n) is 16.4. The zero-order valence-corrected chi connectivity index (χ0v) is 16.4. The van der Waals surface area contributed by atoms with Crippen molar-refractivity contribution in [1.29, 1.82) is 0 Å². The topological polar surface area (TPSA) is 53.4 Å². The molecule has 0 aliphatic rings. The molecule has 0 N–H and O–H groups in total. The summed E-state index contributed by atoms with van der Waals surface area (Å²) < 4.78 is 13.1. The summed E-state index contributed by atoms with van der Waals surface area (Å²) in [6.45, 7) is 5.10. The second-order valence-corrected chi connectivity index (χ2v) is 6.34. The van der Waals surface area contributed by atoms with Crippen LogP contribution in [0, 0.1) is 6.92 Å². The molecule has 0 saturated carbocycles. The SMILES string of the molecule is CCn1ncc(C(=O)/C=C/c2ccc(OCc3ccccc3)c(OC)c2)c1C. The Bertz CT molecular complexity index is 975. The molecule has 0 fully saturated rings. The van der Waals surface area contributed by atoms with Gasteiger partial charge < -0.3 is 9.47 Å². The minimum absolute atomic E-state index is 0.0689. The molecule has 5 nitrogen and oxygen atoms in total. The second-order valence-electron chi connectivity index (χ2n) is 6.34. The van der Waals surface area contributed by atoms with Crippen LogP contribution in [0.1, 0.15) is 34.1 Å². The van der Waals surface area contributed by atoms with Crippen LogP contribution in [-0.2, 0) is 13.2 Å². The van der Waals surface area contributed by atoms with E-state index in [2.05, 4.69) is 5.10 Å². The molecular formula is C23H24N2O3. The molecule has 5 heteroatoms. The monoisotopic (exact) mass is 376 g/mol. The van der Waals surface area contributed by atoms with Crippen LogP contribution in [0.5, 0.6) is 11.5 Å². The van der Waals surface area contributed by atoms with Crippen LogP contribution in [0.15, 0.2) is 60.8 Å². The maximum absolute atomic E-state index is 12.5. The number of rotatable bonds is 8. The number of hydrogen-bond acceptors (Lipinski definition) is 4. The summed E-state index contributed by atoms with van der Waals surface area (Å²) in [5.41, 5.74) is 3.44. The number of ketones is 1. The molecule has 3 rings (SSSR count). The molecule has 0 aliphatic heterocycles. The average molecular weight is 376 g/mol. The highest BCUT2D eigenvalue weighted by atomic mass is 16.5. The van der Waals surface area contributed by atoms with Crippen molar-refractivity contribution in [1.82, 2.24) is 9.78 Å². The Labute approximate surface area is 165 Å². The number of nitrogens with zero attached hydrogens (tertiary/aromatic N) is 2. The van der Waals surface area contributed by atoms with E-state index in [0.717, 1.165) is 23.4 Å². The number of benzene rings is 2. The van der Waals surface area contributed by atoms with Crippen molar-refractivity contribution in [3.05, 3.63) is 83.2 Å². The summed E-state index contributed by atoms with van der Waals surface area (Å²) in [7, 11) is 1.60. The van der Waals surface area contributed by atoms with Crippen molar-refractivity contribution in [3.8, 4) is 11.5 Å². The average Bonchev–Trinajstić information content (AvgIpc) is 3.12. The number of ether oxygens (including phenoxy) is 2. The summed E-state index contributed by atoms with van der Waals surface area (Å²) in [4.78, 5) is 12.5. The van der Waals surface area contributed by atoms with E-state index < -0.39 is 0 Å². The fourth-order valence-corrected chi connectivity index (χ4v) is 2.91. The first-order valence-corrected chi connectivity index (χ1v) is 9.22. The van der Waals surface area contributed by atoms with Gasteiger partial charge in [0.25, 0.3) is 0 Å². The Morgan fingerprint density at radius 3 is 2.61 bits per heavy atom. The number of carbonyl (C=O) groups is 1. The van der Waals surface area contributed by atoms with E-state index in [1.807, 2.05) is 67.1 Å². The number of allylic oxidation sites excluding steroid dienone is 1. The zero-order chi connectivity index (χ0) is 19.9. The van der Waals surface area contributed by atoms with Crippen molar-refractivity contribution in [2.45, 2.75) is 27.0 Å². The summed E-state index contributed by atoms with van der Waals surface area (Å²) in [5.74, 6) is 1.22. The minimum atomic E-state index is -0.0689. The van der Waals surface area contributed by atoms with Crippen LogP contribution in [0.25, 0.3) is 6.08 Å². The Morgan fingerprint density at radius 2 is 1.93 bits per heavy atom. The lowest BCUT2D eigenvalue weighted by molar-refractivity contribution is 0.104.